The normalized spacial score (nSPS) is 15.5. The van der Waals surface area contributed by atoms with Crippen LogP contribution in [0.3, 0.4) is 0 Å². The number of hydrogen-bond donors (Lipinski definition) is 1. The van der Waals surface area contributed by atoms with E-state index in [0.717, 1.165) is 16.5 Å². The lowest BCUT2D eigenvalue weighted by Gasteiger charge is -2.24. The van der Waals surface area contributed by atoms with Gasteiger partial charge in [0.05, 0.1) is 21.8 Å². The maximum absolute atomic E-state index is 13.5. The molecule has 0 saturated heterocycles. The molecular formula is C25H21N3O3S. The number of nitrogens with zero attached hydrogens (tertiary/aromatic N) is 2. The Morgan fingerprint density at radius 1 is 1.00 bits per heavy atom. The molecule has 0 bridgehead atoms. The maximum atomic E-state index is 13.5. The molecule has 1 atom stereocenters. The Morgan fingerprint density at radius 2 is 1.81 bits per heavy atom. The van der Waals surface area contributed by atoms with Gasteiger partial charge in [-0.25, -0.2) is 8.42 Å². The first kappa shape index (κ1) is 20.2. The molecule has 2 heterocycles. The zero-order valence-electron chi connectivity index (χ0n) is 17.4. The van der Waals surface area contributed by atoms with E-state index in [1.54, 1.807) is 30.5 Å². The average molecular weight is 444 g/mol. The molecule has 4 aromatic rings. The molecule has 6 nitrogen and oxygen atoms in total. The van der Waals surface area contributed by atoms with Gasteiger partial charge >= 0.3 is 0 Å². The second-order valence-electron chi connectivity index (χ2n) is 7.84. The van der Waals surface area contributed by atoms with Gasteiger partial charge in [0.1, 0.15) is 0 Å². The van der Waals surface area contributed by atoms with E-state index < -0.39 is 10.0 Å². The zero-order chi connectivity index (χ0) is 22.3. The van der Waals surface area contributed by atoms with Gasteiger partial charge in [0, 0.05) is 23.2 Å². The molecule has 0 radical (unpaired) electrons. The lowest BCUT2D eigenvalue weighted by molar-refractivity contribution is 0.102. The number of anilines is 2. The van der Waals surface area contributed by atoms with Crippen molar-refractivity contribution in [1.82, 2.24) is 4.98 Å². The SMILES string of the molecule is C[C@H]1Cc2ccccc2N1S(=O)(=O)c1cccc(C(=O)Nc2cccc3ncccc23)c1. The fourth-order valence-electron chi connectivity index (χ4n) is 4.22. The molecule has 0 saturated carbocycles. The molecule has 160 valence electrons. The largest absolute Gasteiger partial charge is 0.321 e. The highest BCUT2D eigenvalue weighted by Gasteiger charge is 2.36. The van der Waals surface area contributed by atoms with Gasteiger partial charge in [0.15, 0.2) is 0 Å². The van der Waals surface area contributed by atoms with Gasteiger partial charge < -0.3 is 5.32 Å². The Labute approximate surface area is 186 Å². The third-order valence-corrected chi connectivity index (χ3v) is 7.62. The van der Waals surface area contributed by atoms with Crippen molar-refractivity contribution in [3.63, 3.8) is 0 Å². The number of carbonyl (C=O) groups excluding carboxylic acids is 1. The van der Waals surface area contributed by atoms with Crippen LogP contribution in [0.4, 0.5) is 11.4 Å². The molecule has 32 heavy (non-hydrogen) atoms. The number of nitrogens with one attached hydrogen (secondary N) is 1. The first-order valence-electron chi connectivity index (χ1n) is 10.3. The third-order valence-electron chi connectivity index (χ3n) is 5.69. The number of pyridine rings is 1. The van der Waals surface area contributed by atoms with Gasteiger partial charge in [0.2, 0.25) is 0 Å². The number of rotatable bonds is 4. The van der Waals surface area contributed by atoms with Crippen molar-refractivity contribution in [2.45, 2.75) is 24.3 Å². The number of fused-ring (bicyclic) bond motifs is 2. The molecule has 1 amide bonds. The van der Waals surface area contributed by atoms with Crippen LogP contribution < -0.4 is 9.62 Å². The highest BCUT2D eigenvalue weighted by molar-refractivity contribution is 7.92. The number of sulfonamides is 1. The van der Waals surface area contributed by atoms with Gasteiger partial charge in [-0.3, -0.25) is 14.1 Å². The molecule has 1 aromatic heterocycles. The summed E-state index contributed by atoms with van der Waals surface area (Å²) in [6, 6.07) is 22.7. The van der Waals surface area contributed by atoms with E-state index in [-0.39, 0.29) is 22.4 Å². The van der Waals surface area contributed by atoms with Crippen LogP contribution in [-0.2, 0) is 16.4 Å². The van der Waals surface area contributed by atoms with Crippen molar-refractivity contribution >= 4 is 38.2 Å². The standard InChI is InChI=1S/C25H21N3O3S/c1-17-15-18-7-2-3-13-24(18)28(17)32(30,31)20-9-4-8-19(16-20)25(29)27-23-12-5-11-22-21(23)10-6-14-26-22/h2-14,16-17H,15H2,1H3,(H,27,29)/t17-/m0/s1. The third kappa shape index (κ3) is 3.40. The Morgan fingerprint density at radius 3 is 2.69 bits per heavy atom. The van der Waals surface area contributed by atoms with Crippen molar-refractivity contribution in [3.05, 3.63) is 96.2 Å². The molecule has 1 aliphatic heterocycles. The summed E-state index contributed by atoms with van der Waals surface area (Å²) < 4.78 is 28.5. The van der Waals surface area contributed by atoms with E-state index >= 15 is 0 Å². The molecule has 1 aliphatic rings. The highest BCUT2D eigenvalue weighted by Crippen LogP contribution is 2.36. The summed E-state index contributed by atoms with van der Waals surface area (Å²) in [4.78, 5) is 17.4. The van der Waals surface area contributed by atoms with Gasteiger partial charge in [0.25, 0.3) is 15.9 Å². The van der Waals surface area contributed by atoms with Crippen LogP contribution in [0.5, 0.6) is 0 Å². The molecule has 0 aliphatic carbocycles. The maximum Gasteiger partial charge on any atom is 0.264 e. The molecule has 3 aromatic carbocycles. The van der Waals surface area contributed by atoms with Gasteiger partial charge in [-0.1, -0.05) is 30.3 Å². The minimum atomic E-state index is -3.82. The fraction of sp³-hybridized carbons (Fsp3) is 0.120. The predicted octanol–water partition coefficient (Wildman–Crippen LogP) is 4.63. The molecule has 0 fully saturated rings. The molecule has 5 rings (SSSR count). The molecule has 1 N–H and O–H groups in total. The lowest BCUT2D eigenvalue weighted by Crippen LogP contribution is -2.35. The van der Waals surface area contributed by atoms with Crippen LogP contribution in [0.1, 0.15) is 22.8 Å². The summed E-state index contributed by atoms with van der Waals surface area (Å²) >= 11 is 0. The number of amides is 1. The number of hydrogen-bond acceptors (Lipinski definition) is 4. The topological polar surface area (TPSA) is 79.4 Å². The van der Waals surface area contributed by atoms with Crippen molar-refractivity contribution < 1.29 is 13.2 Å². The Kier molecular flexibility index (Phi) is 4.90. The highest BCUT2D eigenvalue weighted by atomic mass is 32.2. The van der Waals surface area contributed by atoms with E-state index in [0.29, 0.717) is 17.8 Å². The number of aromatic nitrogens is 1. The average Bonchev–Trinajstić information content (AvgIpc) is 3.16. The number of carbonyl (C=O) groups is 1. The van der Waals surface area contributed by atoms with E-state index in [9.17, 15) is 13.2 Å². The summed E-state index contributed by atoms with van der Waals surface area (Å²) in [6.07, 6.45) is 2.35. The smallest absolute Gasteiger partial charge is 0.264 e. The van der Waals surface area contributed by atoms with E-state index in [1.165, 1.54) is 16.4 Å². The number of para-hydroxylation sites is 1. The first-order valence-corrected chi connectivity index (χ1v) is 11.8. The van der Waals surface area contributed by atoms with E-state index in [1.807, 2.05) is 49.4 Å². The van der Waals surface area contributed by atoms with Gasteiger partial charge in [-0.15, -0.1) is 0 Å². The molecule has 0 unspecified atom stereocenters. The minimum absolute atomic E-state index is 0.0910. The van der Waals surface area contributed by atoms with Crippen LogP contribution in [0.2, 0.25) is 0 Å². The van der Waals surface area contributed by atoms with E-state index in [4.69, 9.17) is 0 Å². The summed E-state index contributed by atoms with van der Waals surface area (Å²) in [5.41, 5.74) is 3.35. The molecule has 0 spiro atoms. The van der Waals surface area contributed by atoms with Gasteiger partial charge in [-0.05, 0) is 67.4 Å². The van der Waals surface area contributed by atoms with Crippen LogP contribution in [-0.4, -0.2) is 25.4 Å². The van der Waals surface area contributed by atoms with Crippen molar-refractivity contribution in [1.29, 1.82) is 0 Å². The lowest BCUT2D eigenvalue weighted by atomic mass is 10.1. The fourth-order valence-corrected chi connectivity index (χ4v) is 5.96. The zero-order valence-corrected chi connectivity index (χ0v) is 18.2. The van der Waals surface area contributed by atoms with Crippen LogP contribution in [0.25, 0.3) is 10.9 Å². The van der Waals surface area contributed by atoms with Crippen LogP contribution in [0, 0.1) is 0 Å². The quantitative estimate of drug-likeness (QED) is 0.499. The minimum Gasteiger partial charge on any atom is -0.321 e. The second kappa shape index (κ2) is 7.76. The molecule has 7 heteroatoms. The van der Waals surface area contributed by atoms with E-state index in [2.05, 4.69) is 10.3 Å². The van der Waals surface area contributed by atoms with Gasteiger partial charge in [-0.2, -0.15) is 0 Å². The molecular weight excluding hydrogens is 422 g/mol. The Hall–Kier alpha value is -3.71. The van der Waals surface area contributed by atoms with Crippen LogP contribution >= 0.6 is 0 Å². The Balaban J connectivity index is 1.48. The first-order chi connectivity index (χ1) is 15.4. The van der Waals surface area contributed by atoms with Crippen molar-refractivity contribution in [2.24, 2.45) is 0 Å². The summed E-state index contributed by atoms with van der Waals surface area (Å²) in [5.74, 6) is -0.381. The summed E-state index contributed by atoms with van der Waals surface area (Å²) in [5, 5.41) is 3.70. The Bertz CT molecular complexity index is 1440. The second-order valence-corrected chi connectivity index (χ2v) is 9.66. The van der Waals surface area contributed by atoms with Crippen LogP contribution in [0.15, 0.2) is 90.0 Å². The summed E-state index contributed by atoms with van der Waals surface area (Å²) in [6.45, 7) is 1.89. The van der Waals surface area contributed by atoms with Crippen molar-refractivity contribution in [2.75, 3.05) is 9.62 Å². The number of benzene rings is 3. The monoisotopic (exact) mass is 443 g/mol. The summed E-state index contributed by atoms with van der Waals surface area (Å²) in [7, 11) is -3.82. The van der Waals surface area contributed by atoms with Crippen molar-refractivity contribution in [3.8, 4) is 0 Å². The predicted molar refractivity (Wildman–Crippen MR) is 125 cm³/mol.